The molecule has 1 aliphatic heterocycles. The fourth-order valence-electron chi connectivity index (χ4n) is 3.68. The van der Waals surface area contributed by atoms with E-state index < -0.39 is 0 Å². The van der Waals surface area contributed by atoms with E-state index >= 15 is 0 Å². The first kappa shape index (κ1) is 12.9. The predicted molar refractivity (Wildman–Crippen MR) is 75.4 cm³/mol. The van der Waals surface area contributed by atoms with Crippen LogP contribution < -0.4 is 0 Å². The number of aromatic hydroxyl groups is 1. The first-order chi connectivity index (χ1) is 9.16. The van der Waals surface area contributed by atoms with Gasteiger partial charge in [-0.05, 0) is 62.9 Å². The van der Waals surface area contributed by atoms with Crippen LogP contribution >= 0.6 is 0 Å². The van der Waals surface area contributed by atoms with Gasteiger partial charge in [0, 0.05) is 18.7 Å². The molecular formula is C16H23NO2. The molecule has 104 valence electrons. The summed E-state index contributed by atoms with van der Waals surface area (Å²) in [5, 5.41) is 9.63. The zero-order chi connectivity index (χ0) is 13.4. The Morgan fingerprint density at radius 3 is 2.89 bits per heavy atom. The van der Waals surface area contributed by atoms with E-state index in [9.17, 15) is 5.11 Å². The van der Waals surface area contributed by atoms with Gasteiger partial charge in [-0.2, -0.15) is 0 Å². The van der Waals surface area contributed by atoms with Gasteiger partial charge in [-0.3, -0.25) is 4.90 Å². The molecule has 0 aromatic heterocycles. The molecule has 0 bridgehead atoms. The maximum absolute atomic E-state index is 9.63. The van der Waals surface area contributed by atoms with Crippen molar-refractivity contribution in [3.63, 3.8) is 0 Å². The van der Waals surface area contributed by atoms with E-state index in [0.29, 0.717) is 23.9 Å². The van der Waals surface area contributed by atoms with Crippen molar-refractivity contribution >= 4 is 0 Å². The Balaban J connectivity index is 1.86. The van der Waals surface area contributed by atoms with Gasteiger partial charge in [-0.15, -0.1) is 0 Å². The van der Waals surface area contributed by atoms with Crippen molar-refractivity contribution in [1.82, 2.24) is 4.90 Å². The molecule has 1 aromatic rings. The molecule has 0 saturated carbocycles. The van der Waals surface area contributed by atoms with Crippen LogP contribution in [-0.4, -0.2) is 35.8 Å². The number of hydrogen-bond acceptors (Lipinski definition) is 3. The van der Waals surface area contributed by atoms with E-state index in [1.54, 1.807) is 0 Å². The summed E-state index contributed by atoms with van der Waals surface area (Å²) in [6, 6.07) is 6.85. The predicted octanol–water partition coefficient (Wildman–Crippen LogP) is 2.88. The van der Waals surface area contributed by atoms with Crippen LogP contribution in [0.1, 0.15) is 43.4 Å². The summed E-state index contributed by atoms with van der Waals surface area (Å²) in [6.07, 6.45) is 4.95. The summed E-state index contributed by atoms with van der Waals surface area (Å²) < 4.78 is 5.70. The van der Waals surface area contributed by atoms with E-state index in [2.05, 4.69) is 24.9 Å². The van der Waals surface area contributed by atoms with Crippen molar-refractivity contribution in [2.75, 3.05) is 13.7 Å². The van der Waals surface area contributed by atoms with Gasteiger partial charge in [0.1, 0.15) is 5.75 Å². The van der Waals surface area contributed by atoms with Crippen molar-refractivity contribution < 1.29 is 9.84 Å². The number of phenolic OH excluding ortho intramolecular Hbond substituents is 1. The molecule has 0 amide bonds. The molecule has 1 heterocycles. The van der Waals surface area contributed by atoms with Crippen LogP contribution in [0.15, 0.2) is 18.2 Å². The highest BCUT2D eigenvalue weighted by atomic mass is 16.5. The van der Waals surface area contributed by atoms with E-state index in [1.165, 1.54) is 24.0 Å². The zero-order valence-corrected chi connectivity index (χ0v) is 11.8. The van der Waals surface area contributed by atoms with E-state index in [0.717, 1.165) is 19.4 Å². The van der Waals surface area contributed by atoms with Gasteiger partial charge in [0.2, 0.25) is 0 Å². The molecule has 1 aliphatic carbocycles. The lowest BCUT2D eigenvalue weighted by Gasteiger charge is -2.38. The van der Waals surface area contributed by atoms with Crippen molar-refractivity contribution in [3.8, 4) is 5.75 Å². The monoisotopic (exact) mass is 261 g/mol. The first-order valence-electron chi connectivity index (χ1n) is 7.32. The lowest BCUT2D eigenvalue weighted by Crippen LogP contribution is -2.40. The third-order valence-electron chi connectivity index (χ3n) is 4.76. The lowest BCUT2D eigenvalue weighted by atomic mass is 9.86. The Labute approximate surface area is 115 Å². The fourth-order valence-corrected chi connectivity index (χ4v) is 3.68. The highest BCUT2D eigenvalue weighted by Gasteiger charge is 2.34. The van der Waals surface area contributed by atoms with Crippen LogP contribution in [0, 0.1) is 0 Å². The number of hydrogen-bond donors (Lipinski definition) is 1. The molecule has 1 fully saturated rings. The standard InChI is InChI=1S/C16H23NO2/c1-11-15(8-9-19-11)17(2)16-5-3-4-12-10-13(18)6-7-14(12)16/h6-7,10-11,15-16,18H,3-5,8-9H2,1-2H3. The van der Waals surface area contributed by atoms with Gasteiger partial charge >= 0.3 is 0 Å². The minimum Gasteiger partial charge on any atom is -0.508 e. The summed E-state index contributed by atoms with van der Waals surface area (Å²) in [6.45, 7) is 3.06. The van der Waals surface area contributed by atoms with Crippen molar-refractivity contribution in [3.05, 3.63) is 29.3 Å². The highest BCUT2D eigenvalue weighted by molar-refractivity contribution is 5.38. The molecule has 1 aromatic carbocycles. The molecular weight excluding hydrogens is 238 g/mol. The Kier molecular flexibility index (Phi) is 3.50. The quantitative estimate of drug-likeness (QED) is 0.888. The van der Waals surface area contributed by atoms with Gasteiger partial charge < -0.3 is 9.84 Å². The molecule has 3 atom stereocenters. The highest BCUT2D eigenvalue weighted by Crippen LogP contribution is 2.37. The number of likely N-dealkylation sites (N-methyl/N-ethyl adjacent to an activating group) is 1. The lowest BCUT2D eigenvalue weighted by molar-refractivity contribution is 0.0632. The smallest absolute Gasteiger partial charge is 0.115 e. The van der Waals surface area contributed by atoms with Crippen molar-refractivity contribution in [2.24, 2.45) is 0 Å². The molecule has 19 heavy (non-hydrogen) atoms. The van der Waals surface area contributed by atoms with Crippen LogP contribution in [0.25, 0.3) is 0 Å². The number of ether oxygens (including phenoxy) is 1. The van der Waals surface area contributed by atoms with Crippen LogP contribution in [0.3, 0.4) is 0 Å². The maximum Gasteiger partial charge on any atom is 0.115 e. The Bertz CT molecular complexity index is 460. The molecule has 3 nitrogen and oxygen atoms in total. The largest absolute Gasteiger partial charge is 0.508 e. The maximum atomic E-state index is 9.63. The van der Waals surface area contributed by atoms with Crippen LogP contribution in [0.5, 0.6) is 5.75 Å². The van der Waals surface area contributed by atoms with Crippen molar-refractivity contribution in [1.29, 1.82) is 0 Å². The fraction of sp³-hybridized carbons (Fsp3) is 0.625. The Morgan fingerprint density at radius 1 is 1.32 bits per heavy atom. The van der Waals surface area contributed by atoms with Crippen LogP contribution in [0.4, 0.5) is 0 Å². The van der Waals surface area contributed by atoms with Crippen LogP contribution in [-0.2, 0) is 11.2 Å². The summed E-state index contributed by atoms with van der Waals surface area (Å²) in [5.41, 5.74) is 2.71. The average Bonchev–Trinajstić information content (AvgIpc) is 2.83. The topological polar surface area (TPSA) is 32.7 Å². The zero-order valence-electron chi connectivity index (χ0n) is 11.8. The van der Waals surface area contributed by atoms with Gasteiger partial charge in [0.15, 0.2) is 0 Å². The molecule has 3 heteroatoms. The Hall–Kier alpha value is -1.06. The molecule has 3 unspecified atom stereocenters. The van der Waals surface area contributed by atoms with E-state index in [-0.39, 0.29) is 0 Å². The summed E-state index contributed by atoms with van der Waals surface area (Å²) in [5.74, 6) is 0.389. The van der Waals surface area contributed by atoms with Gasteiger partial charge in [0.25, 0.3) is 0 Å². The average molecular weight is 261 g/mol. The molecule has 1 saturated heterocycles. The number of benzene rings is 1. The summed E-state index contributed by atoms with van der Waals surface area (Å²) in [4.78, 5) is 2.49. The minimum absolute atomic E-state index is 0.326. The number of phenols is 1. The second kappa shape index (κ2) is 5.14. The third kappa shape index (κ3) is 2.37. The second-order valence-electron chi connectivity index (χ2n) is 5.89. The molecule has 2 aliphatic rings. The number of nitrogens with zero attached hydrogens (tertiary/aromatic N) is 1. The molecule has 3 rings (SSSR count). The minimum atomic E-state index is 0.326. The normalized spacial score (nSPS) is 30.6. The summed E-state index contributed by atoms with van der Waals surface area (Å²) >= 11 is 0. The third-order valence-corrected chi connectivity index (χ3v) is 4.76. The Morgan fingerprint density at radius 2 is 2.16 bits per heavy atom. The van der Waals surface area contributed by atoms with Gasteiger partial charge in [-0.1, -0.05) is 6.07 Å². The number of rotatable bonds is 2. The molecule has 0 radical (unpaired) electrons. The van der Waals surface area contributed by atoms with E-state index in [1.807, 2.05) is 12.1 Å². The first-order valence-corrected chi connectivity index (χ1v) is 7.32. The SMILES string of the molecule is CC1OCCC1N(C)C1CCCc2cc(O)ccc21. The molecule has 1 N–H and O–H groups in total. The van der Waals surface area contributed by atoms with Crippen molar-refractivity contribution in [2.45, 2.75) is 50.8 Å². The molecule has 0 spiro atoms. The van der Waals surface area contributed by atoms with Crippen LogP contribution in [0.2, 0.25) is 0 Å². The number of fused-ring (bicyclic) bond motifs is 1. The number of aryl methyl sites for hydroxylation is 1. The van der Waals surface area contributed by atoms with Gasteiger partial charge in [0.05, 0.1) is 6.10 Å². The van der Waals surface area contributed by atoms with E-state index in [4.69, 9.17) is 4.74 Å². The summed E-state index contributed by atoms with van der Waals surface area (Å²) in [7, 11) is 2.22. The second-order valence-corrected chi connectivity index (χ2v) is 5.89. The van der Waals surface area contributed by atoms with Gasteiger partial charge in [-0.25, -0.2) is 0 Å².